The molecule has 1 amide bonds. The van der Waals surface area contributed by atoms with E-state index in [0.717, 1.165) is 12.8 Å². The van der Waals surface area contributed by atoms with Crippen LogP contribution in [0.5, 0.6) is 0 Å². The van der Waals surface area contributed by atoms with Crippen molar-refractivity contribution in [2.45, 2.75) is 18.6 Å². The van der Waals surface area contributed by atoms with Crippen molar-refractivity contribution in [1.29, 1.82) is 5.26 Å². The van der Waals surface area contributed by atoms with Crippen molar-refractivity contribution in [1.82, 2.24) is 4.90 Å². The highest BCUT2D eigenvalue weighted by molar-refractivity contribution is 7.91. The SMILES string of the molecule is N#Cc1cccc(CS(=O)(=O)CC(=O)N2CCCC2)c1. The Labute approximate surface area is 118 Å². The molecule has 0 radical (unpaired) electrons. The van der Waals surface area contributed by atoms with Crippen molar-refractivity contribution < 1.29 is 13.2 Å². The summed E-state index contributed by atoms with van der Waals surface area (Å²) < 4.78 is 24.1. The highest BCUT2D eigenvalue weighted by Crippen LogP contribution is 2.12. The van der Waals surface area contributed by atoms with E-state index in [1.54, 1.807) is 23.1 Å². The van der Waals surface area contributed by atoms with Crippen LogP contribution >= 0.6 is 0 Å². The molecular weight excluding hydrogens is 276 g/mol. The van der Waals surface area contributed by atoms with Crippen LogP contribution in [0.1, 0.15) is 24.0 Å². The Morgan fingerprint density at radius 2 is 2.00 bits per heavy atom. The number of nitriles is 1. The zero-order valence-electron chi connectivity index (χ0n) is 11.1. The smallest absolute Gasteiger partial charge is 0.237 e. The molecule has 0 spiro atoms. The van der Waals surface area contributed by atoms with E-state index in [1.807, 2.05) is 6.07 Å². The summed E-state index contributed by atoms with van der Waals surface area (Å²) in [5, 5.41) is 8.79. The summed E-state index contributed by atoms with van der Waals surface area (Å²) in [5.74, 6) is -0.981. The molecule has 1 aliphatic rings. The van der Waals surface area contributed by atoms with E-state index in [9.17, 15) is 13.2 Å². The minimum atomic E-state index is -3.50. The van der Waals surface area contributed by atoms with E-state index in [0.29, 0.717) is 24.2 Å². The van der Waals surface area contributed by atoms with Gasteiger partial charge < -0.3 is 4.90 Å². The third-order valence-corrected chi connectivity index (χ3v) is 4.70. The Morgan fingerprint density at radius 1 is 1.30 bits per heavy atom. The minimum Gasteiger partial charge on any atom is -0.342 e. The molecule has 0 aromatic heterocycles. The zero-order valence-corrected chi connectivity index (χ0v) is 11.9. The lowest BCUT2D eigenvalue weighted by molar-refractivity contribution is -0.127. The summed E-state index contributed by atoms with van der Waals surface area (Å²) in [4.78, 5) is 13.5. The fraction of sp³-hybridized carbons (Fsp3) is 0.429. The standard InChI is InChI=1S/C14H16N2O3S/c15-9-12-4-3-5-13(8-12)10-20(18,19)11-14(17)16-6-1-2-7-16/h3-5,8H,1-2,6-7,10-11H2. The predicted octanol–water partition coefficient (Wildman–Crippen LogP) is 1.10. The first-order chi connectivity index (χ1) is 9.50. The topological polar surface area (TPSA) is 78.2 Å². The van der Waals surface area contributed by atoms with E-state index < -0.39 is 15.6 Å². The first-order valence-corrected chi connectivity index (χ1v) is 8.29. The molecule has 0 aliphatic carbocycles. The largest absolute Gasteiger partial charge is 0.342 e. The van der Waals surface area contributed by atoms with Gasteiger partial charge in [0.25, 0.3) is 0 Å². The van der Waals surface area contributed by atoms with Gasteiger partial charge in [-0.05, 0) is 30.5 Å². The third-order valence-electron chi connectivity index (χ3n) is 3.24. The van der Waals surface area contributed by atoms with Crippen molar-refractivity contribution in [2.24, 2.45) is 0 Å². The molecule has 1 fully saturated rings. The molecular formula is C14H16N2O3S. The van der Waals surface area contributed by atoms with Crippen molar-refractivity contribution >= 4 is 15.7 Å². The van der Waals surface area contributed by atoms with Crippen LogP contribution < -0.4 is 0 Å². The van der Waals surface area contributed by atoms with Crippen molar-refractivity contribution in [3.05, 3.63) is 35.4 Å². The van der Waals surface area contributed by atoms with Crippen LogP contribution in [-0.2, 0) is 20.4 Å². The number of nitrogens with zero attached hydrogens (tertiary/aromatic N) is 2. The molecule has 2 rings (SSSR count). The Balaban J connectivity index is 2.03. The molecule has 1 aromatic rings. The number of amides is 1. The molecule has 1 aromatic carbocycles. The lowest BCUT2D eigenvalue weighted by Gasteiger charge is -2.15. The molecule has 1 heterocycles. The number of hydrogen-bond acceptors (Lipinski definition) is 4. The summed E-state index contributed by atoms with van der Waals surface area (Å²) in [7, 11) is -3.50. The van der Waals surface area contributed by atoms with E-state index >= 15 is 0 Å². The van der Waals surface area contributed by atoms with Gasteiger partial charge in [0, 0.05) is 13.1 Å². The summed E-state index contributed by atoms with van der Waals surface area (Å²) in [6.45, 7) is 1.30. The molecule has 0 bridgehead atoms. The molecule has 0 N–H and O–H groups in total. The van der Waals surface area contributed by atoms with Gasteiger partial charge in [0.1, 0.15) is 5.75 Å². The van der Waals surface area contributed by atoms with E-state index in [-0.39, 0.29) is 11.7 Å². The summed E-state index contributed by atoms with van der Waals surface area (Å²) in [6.07, 6.45) is 1.88. The van der Waals surface area contributed by atoms with Crippen LogP contribution in [0.25, 0.3) is 0 Å². The Hall–Kier alpha value is -1.87. The fourth-order valence-corrected chi connectivity index (χ4v) is 3.63. The molecule has 0 unspecified atom stereocenters. The van der Waals surface area contributed by atoms with Crippen LogP contribution in [0.2, 0.25) is 0 Å². The van der Waals surface area contributed by atoms with Gasteiger partial charge in [0.2, 0.25) is 5.91 Å². The van der Waals surface area contributed by atoms with E-state index in [1.165, 1.54) is 6.07 Å². The quantitative estimate of drug-likeness (QED) is 0.832. The molecule has 1 saturated heterocycles. The normalized spacial score (nSPS) is 15.1. The van der Waals surface area contributed by atoms with Crippen LogP contribution in [-0.4, -0.2) is 38.1 Å². The van der Waals surface area contributed by atoms with Crippen LogP contribution in [0.4, 0.5) is 0 Å². The summed E-state index contributed by atoms with van der Waals surface area (Å²) in [5.41, 5.74) is 0.960. The summed E-state index contributed by atoms with van der Waals surface area (Å²) >= 11 is 0. The molecule has 0 saturated carbocycles. The second-order valence-corrected chi connectivity index (χ2v) is 7.00. The van der Waals surface area contributed by atoms with E-state index in [2.05, 4.69) is 0 Å². The third kappa shape index (κ3) is 3.81. The number of carbonyl (C=O) groups excluding carboxylic acids is 1. The Kier molecular flexibility index (Phi) is 4.40. The maximum absolute atomic E-state index is 12.0. The van der Waals surface area contributed by atoms with Gasteiger partial charge in [0.05, 0.1) is 17.4 Å². The lowest BCUT2D eigenvalue weighted by Crippen LogP contribution is -2.33. The fourth-order valence-electron chi connectivity index (χ4n) is 2.28. The second kappa shape index (κ2) is 6.06. The first kappa shape index (κ1) is 14.5. The van der Waals surface area contributed by atoms with Gasteiger partial charge in [-0.1, -0.05) is 12.1 Å². The monoisotopic (exact) mass is 292 g/mol. The number of hydrogen-bond donors (Lipinski definition) is 0. The van der Waals surface area contributed by atoms with Crippen LogP contribution in [0.3, 0.4) is 0 Å². The van der Waals surface area contributed by atoms with Gasteiger partial charge in [0.15, 0.2) is 9.84 Å². The molecule has 0 atom stereocenters. The maximum atomic E-state index is 12.0. The predicted molar refractivity (Wildman–Crippen MR) is 74.5 cm³/mol. The number of likely N-dealkylation sites (tertiary alicyclic amines) is 1. The highest BCUT2D eigenvalue weighted by atomic mass is 32.2. The molecule has 1 aliphatic heterocycles. The van der Waals surface area contributed by atoms with Crippen molar-refractivity contribution in [3.63, 3.8) is 0 Å². The van der Waals surface area contributed by atoms with Gasteiger partial charge >= 0.3 is 0 Å². The van der Waals surface area contributed by atoms with Crippen molar-refractivity contribution in [3.8, 4) is 6.07 Å². The number of carbonyl (C=O) groups is 1. The highest BCUT2D eigenvalue weighted by Gasteiger charge is 2.24. The first-order valence-electron chi connectivity index (χ1n) is 6.47. The van der Waals surface area contributed by atoms with Crippen LogP contribution in [0.15, 0.2) is 24.3 Å². The van der Waals surface area contributed by atoms with Gasteiger partial charge in [-0.2, -0.15) is 5.26 Å². The number of sulfone groups is 1. The second-order valence-electron chi connectivity index (χ2n) is 4.93. The van der Waals surface area contributed by atoms with E-state index in [4.69, 9.17) is 5.26 Å². The Morgan fingerprint density at radius 3 is 2.65 bits per heavy atom. The number of rotatable bonds is 4. The average molecular weight is 292 g/mol. The number of benzene rings is 1. The van der Waals surface area contributed by atoms with Crippen molar-refractivity contribution in [2.75, 3.05) is 18.8 Å². The van der Waals surface area contributed by atoms with Gasteiger partial charge in [-0.3, -0.25) is 4.79 Å². The molecule has 5 nitrogen and oxygen atoms in total. The van der Waals surface area contributed by atoms with Gasteiger partial charge in [-0.15, -0.1) is 0 Å². The van der Waals surface area contributed by atoms with Gasteiger partial charge in [-0.25, -0.2) is 8.42 Å². The zero-order chi connectivity index (χ0) is 14.6. The maximum Gasteiger partial charge on any atom is 0.237 e. The Bertz CT molecular complexity index is 641. The van der Waals surface area contributed by atoms with Crippen LogP contribution in [0, 0.1) is 11.3 Å². The molecule has 6 heteroatoms. The summed E-state index contributed by atoms with van der Waals surface area (Å²) in [6, 6.07) is 8.42. The minimum absolute atomic E-state index is 0.206. The molecule has 20 heavy (non-hydrogen) atoms. The lowest BCUT2D eigenvalue weighted by atomic mass is 10.2. The molecule has 106 valence electrons. The average Bonchev–Trinajstić information content (AvgIpc) is 2.91.